The van der Waals surface area contributed by atoms with Crippen molar-refractivity contribution >= 4 is 15.9 Å². The first-order valence-electron chi connectivity index (χ1n) is 2.07. The van der Waals surface area contributed by atoms with Crippen LogP contribution < -0.4 is 0 Å². The fourth-order valence-electron chi connectivity index (χ4n) is 0.162. The van der Waals surface area contributed by atoms with Crippen LogP contribution in [0.4, 0.5) is 0 Å². The zero-order valence-electron chi connectivity index (χ0n) is 4.48. The standard InChI is InChI=1S/C4H9BrO2/c1-4(5)3-7-6-2/h4H,3H2,1-2H3. The molecule has 44 valence electrons. The number of alkyl halides is 1. The van der Waals surface area contributed by atoms with Crippen LogP contribution in [0.2, 0.25) is 0 Å². The molecular weight excluding hydrogens is 160 g/mol. The van der Waals surface area contributed by atoms with Gasteiger partial charge in [-0.2, -0.15) is 0 Å². The fraction of sp³-hybridized carbons (Fsp3) is 1.00. The summed E-state index contributed by atoms with van der Waals surface area (Å²) < 4.78 is 0. The molecule has 0 aromatic carbocycles. The van der Waals surface area contributed by atoms with E-state index in [1.165, 1.54) is 7.11 Å². The summed E-state index contributed by atoms with van der Waals surface area (Å²) in [7, 11) is 1.50. The van der Waals surface area contributed by atoms with Crippen molar-refractivity contribution in [2.45, 2.75) is 11.8 Å². The molecule has 0 bridgehead atoms. The fourth-order valence-corrected chi connectivity index (χ4v) is 0.270. The van der Waals surface area contributed by atoms with Gasteiger partial charge in [-0.05, 0) is 0 Å². The predicted molar refractivity (Wildman–Crippen MR) is 31.3 cm³/mol. The molecule has 0 heterocycles. The van der Waals surface area contributed by atoms with E-state index >= 15 is 0 Å². The van der Waals surface area contributed by atoms with Crippen LogP contribution in [0.25, 0.3) is 0 Å². The predicted octanol–water partition coefficient (Wildman–Crippen LogP) is 1.35. The SMILES string of the molecule is COOCC(C)Br. The molecule has 0 amide bonds. The molecular formula is C4H9BrO2. The molecule has 3 heteroatoms. The second kappa shape index (κ2) is 4.56. The monoisotopic (exact) mass is 168 g/mol. The van der Waals surface area contributed by atoms with Gasteiger partial charge in [0.05, 0.1) is 13.7 Å². The van der Waals surface area contributed by atoms with Gasteiger partial charge >= 0.3 is 0 Å². The minimum absolute atomic E-state index is 0.368. The molecule has 0 N–H and O–H groups in total. The third-order valence-electron chi connectivity index (χ3n) is 0.416. The third-order valence-corrected chi connectivity index (χ3v) is 0.680. The van der Waals surface area contributed by atoms with Crippen molar-refractivity contribution in [2.24, 2.45) is 0 Å². The van der Waals surface area contributed by atoms with Crippen LogP contribution in [0.15, 0.2) is 0 Å². The number of halogens is 1. The Morgan fingerprint density at radius 2 is 2.29 bits per heavy atom. The average Bonchev–Trinajstić information content (AvgIpc) is 1.61. The Balaban J connectivity index is 2.68. The summed E-state index contributed by atoms with van der Waals surface area (Å²) in [6.45, 7) is 2.58. The normalized spacial score (nSPS) is 14.1. The maximum atomic E-state index is 4.55. The molecule has 2 nitrogen and oxygen atoms in total. The summed E-state index contributed by atoms with van der Waals surface area (Å²) in [4.78, 5) is 9.24. The molecule has 0 saturated heterocycles. The van der Waals surface area contributed by atoms with Gasteiger partial charge in [-0.25, -0.2) is 9.78 Å². The molecule has 1 unspecified atom stereocenters. The minimum Gasteiger partial charge on any atom is -0.240 e. The van der Waals surface area contributed by atoms with Crippen molar-refractivity contribution in [2.75, 3.05) is 13.7 Å². The number of hydrogen-bond acceptors (Lipinski definition) is 2. The van der Waals surface area contributed by atoms with Crippen LogP contribution in [-0.2, 0) is 9.78 Å². The van der Waals surface area contributed by atoms with Gasteiger partial charge in [0.15, 0.2) is 0 Å². The second-order valence-corrected chi connectivity index (χ2v) is 2.80. The molecule has 0 aromatic heterocycles. The van der Waals surface area contributed by atoms with E-state index in [-0.39, 0.29) is 0 Å². The van der Waals surface area contributed by atoms with Crippen LogP contribution in [0.5, 0.6) is 0 Å². The lowest BCUT2D eigenvalue weighted by Crippen LogP contribution is -2.02. The molecule has 0 fully saturated rings. The zero-order valence-corrected chi connectivity index (χ0v) is 6.06. The maximum absolute atomic E-state index is 4.55. The van der Waals surface area contributed by atoms with Crippen molar-refractivity contribution in [1.82, 2.24) is 0 Å². The van der Waals surface area contributed by atoms with E-state index in [1.54, 1.807) is 0 Å². The van der Waals surface area contributed by atoms with Crippen LogP contribution in [0.1, 0.15) is 6.92 Å². The van der Waals surface area contributed by atoms with Gasteiger partial charge in [-0.1, -0.05) is 22.9 Å². The lowest BCUT2D eigenvalue weighted by Gasteiger charge is -1.98. The first-order valence-corrected chi connectivity index (χ1v) is 2.98. The Bertz CT molecular complexity index is 38.7. The Morgan fingerprint density at radius 3 is 2.43 bits per heavy atom. The van der Waals surface area contributed by atoms with Crippen molar-refractivity contribution < 1.29 is 9.78 Å². The van der Waals surface area contributed by atoms with E-state index in [9.17, 15) is 0 Å². The van der Waals surface area contributed by atoms with E-state index in [2.05, 4.69) is 25.7 Å². The summed E-state index contributed by atoms with van der Waals surface area (Å²) in [6.07, 6.45) is 0. The van der Waals surface area contributed by atoms with E-state index in [0.717, 1.165) is 0 Å². The Labute approximate surface area is 51.9 Å². The molecule has 0 radical (unpaired) electrons. The highest BCUT2D eigenvalue weighted by molar-refractivity contribution is 9.09. The van der Waals surface area contributed by atoms with E-state index in [0.29, 0.717) is 11.4 Å². The maximum Gasteiger partial charge on any atom is 0.0944 e. The van der Waals surface area contributed by atoms with Gasteiger partial charge in [0.25, 0.3) is 0 Å². The van der Waals surface area contributed by atoms with Crippen molar-refractivity contribution in [1.29, 1.82) is 0 Å². The van der Waals surface area contributed by atoms with Crippen LogP contribution in [-0.4, -0.2) is 18.5 Å². The topological polar surface area (TPSA) is 18.5 Å². The second-order valence-electron chi connectivity index (χ2n) is 1.23. The molecule has 0 saturated carbocycles. The Morgan fingerprint density at radius 1 is 1.71 bits per heavy atom. The molecule has 0 spiro atoms. The molecule has 7 heavy (non-hydrogen) atoms. The lowest BCUT2D eigenvalue weighted by atomic mass is 10.5. The highest BCUT2D eigenvalue weighted by Gasteiger charge is 1.91. The first-order chi connectivity index (χ1) is 3.27. The van der Waals surface area contributed by atoms with Crippen LogP contribution in [0, 0.1) is 0 Å². The number of hydrogen-bond donors (Lipinski definition) is 0. The number of rotatable bonds is 3. The van der Waals surface area contributed by atoms with E-state index < -0.39 is 0 Å². The smallest absolute Gasteiger partial charge is 0.0944 e. The van der Waals surface area contributed by atoms with Crippen molar-refractivity contribution in [3.63, 3.8) is 0 Å². The van der Waals surface area contributed by atoms with Gasteiger partial charge in [-0.3, -0.25) is 0 Å². The Hall–Kier alpha value is 0.400. The summed E-state index contributed by atoms with van der Waals surface area (Å²) in [5.74, 6) is 0. The van der Waals surface area contributed by atoms with Gasteiger partial charge in [0.2, 0.25) is 0 Å². The minimum atomic E-state index is 0.368. The molecule has 0 aliphatic carbocycles. The highest BCUT2D eigenvalue weighted by Crippen LogP contribution is 1.95. The highest BCUT2D eigenvalue weighted by atomic mass is 79.9. The Kier molecular flexibility index (Phi) is 4.82. The molecule has 0 aliphatic rings. The van der Waals surface area contributed by atoms with E-state index in [1.807, 2.05) is 6.92 Å². The summed E-state index contributed by atoms with van der Waals surface area (Å²) in [5.41, 5.74) is 0. The van der Waals surface area contributed by atoms with E-state index in [4.69, 9.17) is 0 Å². The average molecular weight is 169 g/mol. The lowest BCUT2D eigenvalue weighted by molar-refractivity contribution is -0.270. The quantitative estimate of drug-likeness (QED) is 0.360. The molecule has 0 aliphatic heterocycles. The van der Waals surface area contributed by atoms with Gasteiger partial charge in [-0.15, -0.1) is 0 Å². The van der Waals surface area contributed by atoms with Gasteiger partial charge in [0, 0.05) is 4.83 Å². The summed E-state index contributed by atoms with van der Waals surface area (Å²) in [6, 6.07) is 0. The molecule has 0 rings (SSSR count). The van der Waals surface area contributed by atoms with Crippen molar-refractivity contribution in [3.05, 3.63) is 0 Å². The zero-order chi connectivity index (χ0) is 5.70. The van der Waals surface area contributed by atoms with Gasteiger partial charge in [0.1, 0.15) is 0 Å². The van der Waals surface area contributed by atoms with Crippen molar-refractivity contribution in [3.8, 4) is 0 Å². The van der Waals surface area contributed by atoms with Gasteiger partial charge < -0.3 is 0 Å². The summed E-state index contributed by atoms with van der Waals surface area (Å²) in [5, 5.41) is 0. The molecule has 0 aromatic rings. The summed E-state index contributed by atoms with van der Waals surface area (Å²) >= 11 is 3.27. The largest absolute Gasteiger partial charge is 0.240 e. The van der Waals surface area contributed by atoms with Crippen LogP contribution >= 0.6 is 15.9 Å². The third kappa shape index (κ3) is 6.40. The first kappa shape index (κ1) is 7.40. The molecule has 1 atom stereocenters. The van der Waals surface area contributed by atoms with Crippen LogP contribution in [0.3, 0.4) is 0 Å².